The Kier molecular flexibility index (Phi) is 8.30. The molecule has 3 rings (SSSR count). The second-order valence-corrected chi connectivity index (χ2v) is 24.0. The monoisotopic (exact) mass is 520 g/mol. The van der Waals surface area contributed by atoms with Crippen molar-refractivity contribution in [3.8, 4) is 0 Å². The molecule has 3 nitrogen and oxygen atoms in total. The van der Waals surface area contributed by atoms with Gasteiger partial charge >= 0.3 is 17.1 Å². The SMILES string of the molecule is C=C[Si](C)(C)O[Si](O[Si](C)(C)O[Si](C)(C=C)c1ccccc1)(c1ccccc1)c1ccccc1. The van der Waals surface area contributed by atoms with E-state index in [0.717, 1.165) is 10.4 Å². The minimum atomic E-state index is -3.14. The van der Waals surface area contributed by atoms with E-state index in [1.807, 2.05) is 29.6 Å². The minimum Gasteiger partial charge on any atom is -0.429 e. The standard InChI is InChI=1S/C27H36O3Si4/c1-8-31(3,4)28-34(26-21-15-11-16-22-26,27-23-17-12-18-24-27)30-32(5,6)29-33(7,9-2)25-19-13-10-14-20-25/h8-24H,1-2H2,3-7H3. The molecule has 0 spiro atoms. The largest absolute Gasteiger partial charge is 0.429 e. The van der Waals surface area contributed by atoms with Gasteiger partial charge in [0.1, 0.15) is 0 Å². The topological polar surface area (TPSA) is 27.7 Å². The first-order chi connectivity index (χ1) is 16.1. The van der Waals surface area contributed by atoms with E-state index in [1.165, 1.54) is 5.19 Å². The summed E-state index contributed by atoms with van der Waals surface area (Å²) in [5, 5.41) is 3.34. The van der Waals surface area contributed by atoms with E-state index in [9.17, 15) is 0 Å². The van der Waals surface area contributed by atoms with E-state index in [1.54, 1.807) is 0 Å². The third kappa shape index (κ3) is 6.11. The molecule has 0 heterocycles. The molecule has 0 aliphatic carbocycles. The van der Waals surface area contributed by atoms with Gasteiger partial charge in [0, 0.05) is 0 Å². The van der Waals surface area contributed by atoms with Crippen LogP contribution in [-0.2, 0) is 12.3 Å². The Balaban J connectivity index is 2.14. The Morgan fingerprint density at radius 1 is 0.529 bits per heavy atom. The molecule has 0 amide bonds. The molecule has 3 aromatic rings. The van der Waals surface area contributed by atoms with Crippen LogP contribution in [0.15, 0.2) is 116 Å². The summed E-state index contributed by atoms with van der Waals surface area (Å²) in [5.74, 6) is 0. The summed E-state index contributed by atoms with van der Waals surface area (Å²) in [5.41, 5.74) is 3.98. The summed E-state index contributed by atoms with van der Waals surface area (Å²) in [6.45, 7) is 19.0. The maximum Gasteiger partial charge on any atom is 0.388 e. The molecule has 0 fully saturated rings. The number of hydrogen-bond donors (Lipinski definition) is 0. The first kappa shape index (κ1) is 26.5. The molecule has 0 radical (unpaired) electrons. The molecular formula is C27H36O3Si4. The van der Waals surface area contributed by atoms with Crippen LogP contribution < -0.4 is 15.6 Å². The summed E-state index contributed by atoms with van der Waals surface area (Å²) in [7, 11) is -10.6. The highest BCUT2D eigenvalue weighted by atomic mass is 28.5. The van der Waals surface area contributed by atoms with Gasteiger partial charge in [0.2, 0.25) is 16.6 Å². The Hall–Kier alpha value is -2.11. The van der Waals surface area contributed by atoms with E-state index in [0.29, 0.717) is 0 Å². The fourth-order valence-electron chi connectivity index (χ4n) is 4.02. The van der Waals surface area contributed by atoms with Crippen molar-refractivity contribution in [2.75, 3.05) is 0 Å². The van der Waals surface area contributed by atoms with Crippen molar-refractivity contribution in [1.29, 1.82) is 0 Å². The second kappa shape index (κ2) is 10.7. The van der Waals surface area contributed by atoms with E-state index < -0.39 is 33.8 Å². The Morgan fingerprint density at radius 2 is 0.941 bits per heavy atom. The molecule has 0 aliphatic rings. The summed E-state index contributed by atoms with van der Waals surface area (Å²) >= 11 is 0. The van der Waals surface area contributed by atoms with Gasteiger partial charge in [-0.15, -0.1) is 13.2 Å². The molecule has 0 saturated carbocycles. The molecule has 0 bridgehead atoms. The highest BCUT2D eigenvalue weighted by Crippen LogP contribution is 2.25. The molecular weight excluding hydrogens is 485 g/mol. The van der Waals surface area contributed by atoms with Gasteiger partial charge in [0.25, 0.3) is 0 Å². The van der Waals surface area contributed by atoms with Gasteiger partial charge in [-0.05, 0) is 48.3 Å². The van der Waals surface area contributed by atoms with Gasteiger partial charge in [-0.1, -0.05) is 102 Å². The van der Waals surface area contributed by atoms with Gasteiger partial charge in [-0.3, -0.25) is 0 Å². The van der Waals surface area contributed by atoms with Crippen LogP contribution in [0.25, 0.3) is 0 Å². The van der Waals surface area contributed by atoms with Gasteiger partial charge in [0.05, 0.1) is 0 Å². The Labute approximate surface area is 209 Å². The number of rotatable bonds is 11. The van der Waals surface area contributed by atoms with Crippen molar-refractivity contribution >= 4 is 49.3 Å². The molecule has 34 heavy (non-hydrogen) atoms. The highest BCUT2D eigenvalue weighted by Gasteiger charge is 2.52. The summed E-state index contributed by atoms with van der Waals surface area (Å²) in [4.78, 5) is 0. The number of hydrogen-bond acceptors (Lipinski definition) is 3. The van der Waals surface area contributed by atoms with Gasteiger partial charge in [-0.25, -0.2) is 0 Å². The molecule has 1 unspecified atom stereocenters. The van der Waals surface area contributed by atoms with Crippen LogP contribution >= 0.6 is 0 Å². The minimum absolute atomic E-state index is 1.08. The molecule has 0 saturated heterocycles. The summed E-state index contributed by atoms with van der Waals surface area (Å²) < 4.78 is 21.4. The van der Waals surface area contributed by atoms with Gasteiger partial charge < -0.3 is 12.3 Å². The zero-order chi connectivity index (χ0) is 24.9. The quantitative estimate of drug-likeness (QED) is 0.328. The lowest BCUT2D eigenvalue weighted by molar-refractivity contribution is 0.346. The van der Waals surface area contributed by atoms with Crippen LogP contribution in [0, 0.1) is 0 Å². The van der Waals surface area contributed by atoms with Crippen LogP contribution in [0.3, 0.4) is 0 Å². The van der Waals surface area contributed by atoms with Gasteiger partial charge in [0.15, 0.2) is 0 Å². The maximum atomic E-state index is 7.26. The van der Waals surface area contributed by atoms with Crippen LogP contribution in [0.1, 0.15) is 0 Å². The van der Waals surface area contributed by atoms with Crippen LogP contribution in [0.5, 0.6) is 0 Å². The maximum absolute atomic E-state index is 7.26. The normalized spacial score (nSPS) is 14.3. The zero-order valence-corrected chi connectivity index (χ0v) is 25.0. The summed E-state index contributed by atoms with van der Waals surface area (Å²) in [6.07, 6.45) is 0. The smallest absolute Gasteiger partial charge is 0.388 e. The molecule has 0 aliphatic heterocycles. The fraction of sp³-hybridized carbons (Fsp3) is 0.185. The van der Waals surface area contributed by atoms with Crippen molar-refractivity contribution in [2.45, 2.75) is 32.7 Å². The summed E-state index contributed by atoms with van der Waals surface area (Å²) in [6, 6.07) is 31.1. The molecule has 1 atom stereocenters. The lowest BCUT2D eigenvalue weighted by Crippen LogP contribution is -2.71. The van der Waals surface area contributed by atoms with Crippen LogP contribution in [0.2, 0.25) is 32.7 Å². The van der Waals surface area contributed by atoms with Crippen molar-refractivity contribution < 1.29 is 12.3 Å². The van der Waals surface area contributed by atoms with Crippen molar-refractivity contribution in [2.24, 2.45) is 0 Å². The number of benzene rings is 3. The van der Waals surface area contributed by atoms with Gasteiger partial charge in [-0.2, -0.15) is 0 Å². The van der Waals surface area contributed by atoms with Crippen molar-refractivity contribution in [1.82, 2.24) is 0 Å². The van der Waals surface area contributed by atoms with Crippen LogP contribution in [-0.4, -0.2) is 33.8 Å². The fourth-order valence-corrected chi connectivity index (χ4v) is 20.6. The highest BCUT2D eigenvalue weighted by molar-refractivity contribution is 7.04. The second-order valence-electron chi connectivity index (χ2n) is 9.54. The predicted molar refractivity (Wildman–Crippen MR) is 154 cm³/mol. The van der Waals surface area contributed by atoms with Crippen molar-refractivity contribution in [3.63, 3.8) is 0 Å². The molecule has 0 aromatic heterocycles. The van der Waals surface area contributed by atoms with Crippen molar-refractivity contribution in [3.05, 3.63) is 116 Å². The Bertz CT molecular complexity index is 1050. The molecule has 7 heteroatoms. The van der Waals surface area contributed by atoms with E-state index >= 15 is 0 Å². The average Bonchev–Trinajstić information content (AvgIpc) is 2.84. The average molecular weight is 521 g/mol. The predicted octanol–water partition coefficient (Wildman–Crippen LogP) is 5.13. The lowest BCUT2D eigenvalue weighted by Gasteiger charge is -2.44. The first-order valence-electron chi connectivity index (χ1n) is 11.6. The van der Waals surface area contributed by atoms with Crippen LogP contribution in [0.4, 0.5) is 0 Å². The lowest BCUT2D eigenvalue weighted by atomic mass is 10.4. The third-order valence-electron chi connectivity index (χ3n) is 5.79. The zero-order valence-electron chi connectivity index (χ0n) is 21.0. The molecule has 178 valence electrons. The van der Waals surface area contributed by atoms with E-state index in [2.05, 4.69) is 119 Å². The van der Waals surface area contributed by atoms with E-state index in [4.69, 9.17) is 12.3 Å². The first-order valence-corrected chi connectivity index (χ1v) is 21.7. The molecule has 3 aromatic carbocycles. The van der Waals surface area contributed by atoms with E-state index in [-0.39, 0.29) is 0 Å². The Morgan fingerprint density at radius 3 is 1.32 bits per heavy atom. The molecule has 0 N–H and O–H groups in total. The third-order valence-corrected chi connectivity index (χ3v) is 21.3.